The summed E-state index contributed by atoms with van der Waals surface area (Å²) in [7, 11) is -3.17. The van der Waals surface area contributed by atoms with Crippen LogP contribution >= 0.6 is 11.6 Å². The van der Waals surface area contributed by atoms with E-state index in [-0.39, 0.29) is 5.88 Å². The van der Waals surface area contributed by atoms with E-state index in [2.05, 4.69) is 0 Å². The Bertz CT molecular complexity index is 194. The molecule has 0 aliphatic heterocycles. The first-order chi connectivity index (χ1) is 3.95. The first kappa shape index (κ1) is 8.91. The maximum Gasteiger partial charge on any atom is 0.162 e. The van der Waals surface area contributed by atoms with Crippen LogP contribution in [0, 0.1) is 0 Å². The van der Waals surface area contributed by atoms with Gasteiger partial charge < -0.3 is 0 Å². The minimum Gasteiger partial charge on any atom is -0.297 e. The molecule has 0 aliphatic rings. The lowest BCUT2D eigenvalue weighted by atomic mass is 10.5. The van der Waals surface area contributed by atoms with Gasteiger partial charge in [0.25, 0.3) is 0 Å². The molecule has 0 bridgehead atoms. The second kappa shape index (κ2) is 3.17. The van der Waals surface area contributed by atoms with Gasteiger partial charge >= 0.3 is 0 Å². The molecule has 0 radical (unpaired) electrons. The molecule has 0 saturated heterocycles. The monoisotopic (exact) mass is 170 g/mol. The van der Waals surface area contributed by atoms with E-state index in [0.29, 0.717) is 0 Å². The van der Waals surface area contributed by atoms with E-state index in [1.165, 1.54) is 0 Å². The van der Waals surface area contributed by atoms with Gasteiger partial charge in [-0.25, -0.2) is 8.42 Å². The molecule has 0 spiro atoms. The summed E-state index contributed by atoms with van der Waals surface area (Å²) >= 11 is 5.04. The summed E-state index contributed by atoms with van der Waals surface area (Å²) < 4.78 is 20.6. The molecule has 3 nitrogen and oxygen atoms in total. The van der Waals surface area contributed by atoms with Crippen LogP contribution < -0.4 is 0 Å². The highest BCUT2D eigenvalue weighted by molar-refractivity contribution is 7.91. The highest BCUT2D eigenvalue weighted by Gasteiger charge is 2.08. The van der Waals surface area contributed by atoms with E-state index in [4.69, 9.17) is 11.6 Å². The number of sulfone groups is 1. The van der Waals surface area contributed by atoms with Crippen molar-refractivity contribution in [1.82, 2.24) is 0 Å². The summed E-state index contributed by atoms with van der Waals surface area (Å²) in [5.41, 5.74) is 0. The summed E-state index contributed by atoms with van der Waals surface area (Å²) in [5, 5.41) is 0. The van der Waals surface area contributed by atoms with E-state index in [9.17, 15) is 13.2 Å². The number of halogens is 1. The van der Waals surface area contributed by atoms with Crippen LogP contribution in [0.3, 0.4) is 0 Å². The Morgan fingerprint density at radius 2 is 2.00 bits per heavy atom. The van der Waals surface area contributed by atoms with Crippen LogP contribution in [0.15, 0.2) is 0 Å². The number of hydrogen-bond acceptors (Lipinski definition) is 3. The van der Waals surface area contributed by atoms with Gasteiger partial charge in [-0.3, -0.25) is 4.79 Å². The largest absolute Gasteiger partial charge is 0.297 e. The van der Waals surface area contributed by atoms with Crippen molar-refractivity contribution in [2.75, 3.05) is 17.9 Å². The Hall–Kier alpha value is -0.0900. The quantitative estimate of drug-likeness (QED) is 0.553. The molecular weight excluding hydrogens is 164 g/mol. The average molecular weight is 171 g/mol. The molecule has 0 aromatic rings. The Balaban J connectivity index is 3.91. The predicted octanol–water partition coefficient (Wildman–Crippen LogP) is -0.161. The van der Waals surface area contributed by atoms with Crippen molar-refractivity contribution in [3.05, 3.63) is 0 Å². The van der Waals surface area contributed by atoms with Crippen molar-refractivity contribution < 1.29 is 13.2 Å². The van der Waals surface area contributed by atoms with E-state index in [1.54, 1.807) is 0 Å². The fourth-order valence-electron chi connectivity index (χ4n) is 0.331. The third-order valence-electron chi connectivity index (χ3n) is 0.572. The summed E-state index contributed by atoms with van der Waals surface area (Å²) in [4.78, 5) is 10.3. The third kappa shape index (κ3) is 5.79. The lowest BCUT2D eigenvalue weighted by Gasteiger charge is -1.90. The summed E-state index contributed by atoms with van der Waals surface area (Å²) in [6.07, 6.45) is 0.997. The van der Waals surface area contributed by atoms with Crippen molar-refractivity contribution >= 4 is 27.2 Å². The molecule has 0 saturated carbocycles. The zero-order chi connectivity index (χ0) is 7.49. The minimum absolute atomic E-state index is 0.229. The molecule has 54 valence electrons. The SMILES string of the molecule is CS(=O)(=O)CC(=O)CCl. The van der Waals surface area contributed by atoms with Gasteiger partial charge in [0.2, 0.25) is 0 Å². The van der Waals surface area contributed by atoms with Crippen LogP contribution in [0.5, 0.6) is 0 Å². The molecule has 5 heteroatoms. The van der Waals surface area contributed by atoms with Gasteiger partial charge in [-0.05, 0) is 0 Å². The zero-order valence-electron chi connectivity index (χ0n) is 4.93. The minimum atomic E-state index is -3.17. The van der Waals surface area contributed by atoms with Crippen LogP contribution in [-0.2, 0) is 14.6 Å². The Morgan fingerprint density at radius 3 is 2.11 bits per heavy atom. The summed E-state index contributed by atoms with van der Waals surface area (Å²) in [6.45, 7) is 0. The molecule has 0 heterocycles. The molecule has 0 unspecified atom stereocenters. The molecule has 0 atom stereocenters. The van der Waals surface area contributed by atoms with Crippen molar-refractivity contribution in [2.24, 2.45) is 0 Å². The highest BCUT2D eigenvalue weighted by Crippen LogP contribution is 1.86. The van der Waals surface area contributed by atoms with Crippen molar-refractivity contribution in [2.45, 2.75) is 0 Å². The number of hydrogen-bond donors (Lipinski definition) is 0. The molecule has 0 aliphatic carbocycles. The van der Waals surface area contributed by atoms with Crippen LogP contribution in [0.1, 0.15) is 0 Å². The molecule has 0 amide bonds. The van der Waals surface area contributed by atoms with Crippen LogP contribution in [0.4, 0.5) is 0 Å². The van der Waals surface area contributed by atoms with E-state index >= 15 is 0 Å². The molecule has 0 aromatic carbocycles. The third-order valence-corrected chi connectivity index (χ3v) is 1.72. The summed E-state index contributed by atoms with van der Waals surface area (Å²) in [5.74, 6) is -1.14. The second-order valence-electron chi connectivity index (χ2n) is 1.74. The molecule has 0 rings (SSSR count). The first-order valence-corrected chi connectivity index (χ1v) is 4.80. The van der Waals surface area contributed by atoms with Gasteiger partial charge in [0.05, 0.1) is 5.88 Å². The van der Waals surface area contributed by atoms with Crippen molar-refractivity contribution in [3.8, 4) is 0 Å². The topological polar surface area (TPSA) is 51.2 Å². The van der Waals surface area contributed by atoms with Gasteiger partial charge in [0.1, 0.15) is 5.75 Å². The normalized spacial score (nSPS) is 11.3. The second-order valence-corrected chi connectivity index (χ2v) is 4.15. The van der Waals surface area contributed by atoms with Crippen molar-refractivity contribution in [3.63, 3.8) is 0 Å². The molecule has 0 fully saturated rings. The van der Waals surface area contributed by atoms with Gasteiger partial charge in [-0.2, -0.15) is 0 Å². The molecule has 0 N–H and O–H groups in total. The van der Waals surface area contributed by atoms with Gasteiger partial charge in [-0.1, -0.05) is 0 Å². The van der Waals surface area contributed by atoms with Gasteiger partial charge in [0.15, 0.2) is 15.6 Å². The molecular formula is C4H7ClO3S. The summed E-state index contributed by atoms with van der Waals surface area (Å²) in [6, 6.07) is 0. The van der Waals surface area contributed by atoms with Crippen LogP contribution in [0.2, 0.25) is 0 Å². The van der Waals surface area contributed by atoms with Crippen molar-refractivity contribution in [1.29, 1.82) is 0 Å². The molecule has 9 heavy (non-hydrogen) atoms. The Labute approximate surface area is 58.9 Å². The number of carbonyl (C=O) groups excluding carboxylic acids is 1. The van der Waals surface area contributed by atoms with Gasteiger partial charge in [0, 0.05) is 6.26 Å². The lowest BCUT2D eigenvalue weighted by Crippen LogP contribution is -2.14. The van der Waals surface area contributed by atoms with E-state index in [0.717, 1.165) is 6.26 Å². The molecule has 0 aromatic heterocycles. The Morgan fingerprint density at radius 1 is 1.56 bits per heavy atom. The lowest BCUT2D eigenvalue weighted by molar-refractivity contribution is -0.114. The zero-order valence-corrected chi connectivity index (χ0v) is 6.50. The van der Waals surface area contributed by atoms with Gasteiger partial charge in [-0.15, -0.1) is 11.6 Å². The van der Waals surface area contributed by atoms with E-state index in [1.807, 2.05) is 0 Å². The van der Waals surface area contributed by atoms with Crippen LogP contribution in [-0.4, -0.2) is 32.1 Å². The fourth-order valence-corrected chi connectivity index (χ4v) is 1.22. The highest BCUT2D eigenvalue weighted by atomic mass is 35.5. The van der Waals surface area contributed by atoms with Crippen LogP contribution in [0.25, 0.3) is 0 Å². The maximum atomic E-state index is 10.3. The fraction of sp³-hybridized carbons (Fsp3) is 0.750. The Kier molecular flexibility index (Phi) is 3.14. The number of ketones is 1. The number of rotatable bonds is 3. The first-order valence-electron chi connectivity index (χ1n) is 2.21. The standard InChI is InChI=1S/C4H7ClO3S/c1-9(7,8)3-4(6)2-5/h2-3H2,1H3. The smallest absolute Gasteiger partial charge is 0.162 e. The maximum absolute atomic E-state index is 10.3. The number of alkyl halides is 1. The predicted molar refractivity (Wildman–Crippen MR) is 35.4 cm³/mol. The average Bonchev–Trinajstić information content (AvgIpc) is 1.62. The number of carbonyl (C=O) groups is 1. The van der Waals surface area contributed by atoms with E-state index < -0.39 is 21.4 Å². The number of Topliss-reactive ketones (excluding diaryl/α,β-unsaturated/α-hetero) is 1.